The van der Waals surface area contributed by atoms with Gasteiger partial charge in [-0.15, -0.1) is 0 Å². The van der Waals surface area contributed by atoms with E-state index < -0.39 is 29.3 Å². The molecule has 0 radical (unpaired) electrons. The summed E-state index contributed by atoms with van der Waals surface area (Å²) >= 11 is 0. The number of carbonyl (C=O) groups is 4. The van der Waals surface area contributed by atoms with Gasteiger partial charge < -0.3 is 9.64 Å². The van der Waals surface area contributed by atoms with Crippen LogP contribution in [0.25, 0.3) is 0 Å². The van der Waals surface area contributed by atoms with Crippen molar-refractivity contribution in [3.8, 4) is 0 Å². The Balaban J connectivity index is 1.19. The van der Waals surface area contributed by atoms with E-state index in [9.17, 15) is 19.2 Å². The second-order valence-electron chi connectivity index (χ2n) is 9.65. The van der Waals surface area contributed by atoms with Crippen molar-refractivity contribution < 1.29 is 23.9 Å². The molecule has 5 aliphatic rings. The number of hydrogen-bond acceptors (Lipinski definition) is 8. The van der Waals surface area contributed by atoms with Crippen LogP contribution in [0.2, 0.25) is 0 Å². The van der Waals surface area contributed by atoms with Gasteiger partial charge in [-0.05, 0) is 37.9 Å². The highest BCUT2D eigenvalue weighted by molar-refractivity contribution is 6.09. The average molecular weight is 455 g/mol. The molecule has 0 aromatic carbocycles. The van der Waals surface area contributed by atoms with Gasteiger partial charge in [0.05, 0.1) is 11.8 Å². The molecule has 2 bridgehead atoms. The smallest absolute Gasteiger partial charge is 0.303 e. The topological polar surface area (TPSA) is 100 Å². The Morgan fingerprint density at radius 3 is 2.58 bits per heavy atom. The Morgan fingerprint density at radius 2 is 1.91 bits per heavy atom. The molecule has 3 aliphatic carbocycles. The highest BCUT2D eigenvalue weighted by Crippen LogP contribution is 2.55. The van der Waals surface area contributed by atoms with E-state index in [1.165, 1.54) is 11.8 Å². The first-order valence-electron chi connectivity index (χ1n) is 11.9. The summed E-state index contributed by atoms with van der Waals surface area (Å²) in [5.74, 6) is -1.93. The second-order valence-corrected chi connectivity index (χ2v) is 9.65. The number of hydrogen-bond donors (Lipinski definition) is 0. The van der Waals surface area contributed by atoms with E-state index in [4.69, 9.17) is 4.74 Å². The predicted molar refractivity (Wildman–Crippen MR) is 118 cm³/mol. The minimum absolute atomic E-state index is 0.0474. The van der Waals surface area contributed by atoms with Crippen LogP contribution in [-0.2, 0) is 23.9 Å². The van der Waals surface area contributed by atoms with Gasteiger partial charge in [-0.3, -0.25) is 29.0 Å². The van der Waals surface area contributed by atoms with Crippen molar-refractivity contribution >= 4 is 29.4 Å². The van der Waals surface area contributed by atoms with E-state index in [0.29, 0.717) is 25.8 Å². The first-order chi connectivity index (χ1) is 15.9. The fourth-order valence-electron chi connectivity index (χ4n) is 6.28. The Bertz CT molecular complexity index is 957. The maximum absolute atomic E-state index is 13.3. The van der Waals surface area contributed by atoms with E-state index in [-0.39, 0.29) is 24.0 Å². The fourth-order valence-corrected chi connectivity index (χ4v) is 6.28. The summed E-state index contributed by atoms with van der Waals surface area (Å²) in [4.78, 5) is 61.2. The summed E-state index contributed by atoms with van der Waals surface area (Å²) in [6, 6.07) is 5.91. The molecule has 176 valence electrons. The molecule has 33 heavy (non-hydrogen) atoms. The van der Waals surface area contributed by atoms with Crippen LogP contribution in [0.3, 0.4) is 0 Å². The molecule has 5 fully saturated rings. The molecule has 9 nitrogen and oxygen atoms in total. The van der Waals surface area contributed by atoms with E-state index in [1.54, 1.807) is 6.20 Å². The second kappa shape index (κ2) is 8.52. The van der Waals surface area contributed by atoms with Crippen LogP contribution in [0, 0.1) is 17.8 Å². The van der Waals surface area contributed by atoms with Gasteiger partial charge in [-0.1, -0.05) is 6.07 Å². The van der Waals surface area contributed by atoms with Crippen LogP contribution < -0.4 is 4.90 Å². The molecule has 4 unspecified atom stereocenters. The van der Waals surface area contributed by atoms with Crippen molar-refractivity contribution in [1.82, 2.24) is 14.8 Å². The number of amides is 2. The lowest BCUT2D eigenvalue weighted by Gasteiger charge is -2.49. The number of anilines is 1. The number of piperazine rings is 1. The van der Waals surface area contributed by atoms with Gasteiger partial charge in [0.2, 0.25) is 11.8 Å². The third kappa shape index (κ3) is 3.82. The number of aromatic nitrogens is 1. The zero-order valence-corrected chi connectivity index (χ0v) is 18.9. The Morgan fingerprint density at radius 1 is 1.12 bits per heavy atom. The first-order valence-corrected chi connectivity index (χ1v) is 11.9. The van der Waals surface area contributed by atoms with E-state index in [1.807, 2.05) is 18.2 Å². The molecule has 3 heterocycles. The van der Waals surface area contributed by atoms with Gasteiger partial charge >= 0.3 is 5.97 Å². The first kappa shape index (κ1) is 22.0. The Labute approximate surface area is 193 Å². The van der Waals surface area contributed by atoms with E-state index >= 15 is 0 Å². The van der Waals surface area contributed by atoms with Crippen molar-refractivity contribution in [3.63, 3.8) is 0 Å². The highest BCUT2D eigenvalue weighted by atomic mass is 16.6. The average Bonchev–Trinajstić information content (AvgIpc) is 3.06. The van der Waals surface area contributed by atoms with Crippen LogP contribution in [0.15, 0.2) is 24.4 Å². The lowest BCUT2D eigenvalue weighted by Crippen LogP contribution is -2.60. The molecule has 2 saturated heterocycles. The number of Topliss-reactive ketones (excluding diaryl/α,β-unsaturated/α-hetero) is 1. The van der Waals surface area contributed by atoms with Crippen molar-refractivity contribution in [1.29, 1.82) is 0 Å². The zero-order valence-electron chi connectivity index (χ0n) is 18.9. The molecule has 1 aromatic rings. The lowest BCUT2D eigenvalue weighted by molar-refractivity contribution is -0.189. The number of fused-ring (bicyclic) bond motifs is 2. The van der Waals surface area contributed by atoms with Crippen molar-refractivity contribution in [3.05, 3.63) is 24.4 Å². The standard InChI is InChI=1S/C24H30N4O5/c1-16(29)33-24-7-6-17(18(30)15-24)20-21(24)23(32)28(22(20)31)10-4-9-26-11-13-27(14-12-26)19-5-2-3-8-25-19/h2-3,5,8,17,20-21H,4,6-7,9-15H2,1H3. The van der Waals surface area contributed by atoms with Crippen LogP contribution >= 0.6 is 0 Å². The summed E-state index contributed by atoms with van der Waals surface area (Å²) < 4.78 is 5.59. The molecule has 3 saturated carbocycles. The minimum Gasteiger partial charge on any atom is -0.458 e. The summed E-state index contributed by atoms with van der Waals surface area (Å²) in [5.41, 5.74) is -1.15. The molecule has 0 spiro atoms. The van der Waals surface area contributed by atoms with Gasteiger partial charge in [0.1, 0.15) is 17.2 Å². The third-order valence-corrected chi connectivity index (χ3v) is 7.76. The largest absolute Gasteiger partial charge is 0.458 e. The van der Waals surface area contributed by atoms with E-state index in [2.05, 4.69) is 14.8 Å². The summed E-state index contributed by atoms with van der Waals surface area (Å²) in [6.07, 6.45) is 3.50. The van der Waals surface area contributed by atoms with Crippen LogP contribution in [0.4, 0.5) is 5.82 Å². The van der Waals surface area contributed by atoms with Crippen molar-refractivity contribution in [2.45, 2.75) is 38.2 Å². The quantitative estimate of drug-likeness (QED) is 0.461. The zero-order chi connectivity index (χ0) is 23.2. The van der Waals surface area contributed by atoms with Crippen molar-refractivity contribution in [2.24, 2.45) is 17.8 Å². The van der Waals surface area contributed by atoms with E-state index in [0.717, 1.165) is 38.5 Å². The minimum atomic E-state index is -1.15. The van der Waals surface area contributed by atoms with Gasteiger partial charge in [0.15, 0.2) is 0 Å². The number of likely N-dealkylation sites (tertiary alicyclic amines) is 1. The lowest BCUT2D eigenvalue weighted by atomic mass is 9.56. The molecular formula is C24H30N4O5. The van der Waals surface area contributed by atoms with Gasteiger partial charge in [-0.25, -0.2) is 4.98 Å². The molecule has 1 aromatic heterocycles. The summed E-state index contributed by atoms with van der Waals surface area (Å²) in [5, 5.41) is 0. The molecule has 4 atom stereocenters. The van der Waals surface area contributed by atoms with Crippen molar-refractivity contribution in [2.75, 3.05) is 44.2 Å². The third-order valence-electron chi connectivity index (χ3n) is 7.76. The number of ketones is 1. The molecule has 2 amide bonds. The number of nitrogens with zero attached hydrogens (tertiary/aromatic N) is 4. The number of ether oxygens (including phenoxy) is 1. The number of esters is 1. The van der Waals surface area contributed by atoms with Crippen LogP contribution in [0.1, 0.15) is 32.6 Å². The fraction of sp³-hybridized carbons (Fsp3) is 0.625. The Hall–Kier alpha value is -2.81. The number of rotatable bonds is 6. The summed E-state index contributed by atoms with van der Waals surface area (Å²) in [6.45, 7) is 5.99. The monoisotopic (exact) mass is 454 g/mol. The molecule has 6 rings (SSSR count). The highest BCUT2D eigenvalue weighted by Gasteiger charge is 2.68. The van der Waals surface area contributed by atoms with Crippen LogP contribution in [0.5, 0.6) is 0 Å². The predicted octanol–water partition coefficient (Wildman–Crippen LogP) is 0.880. The maximum Gasteiger partial charge on any atom is 0.303 e. The number of imide groups is 1. The maximum atomic E-state index is 13.3. The van der Waals surface area contributed by atoms with Gasteiger partial charge in [0.25, 0.3) is 0 Å². The van der Waals surface area contributed by atoms with Gasteiger partial charge in [0, 0.05) is 58.2 Å². The Kier molecular flexibility index (Phi) is 5.68. The van der Waals surface area contributed by atoms with Crippen LogP contribution in [-0.4, -0.2) is 83.2 Å². The number of pyridine rings is 1. The number of carbonyl (C=O) groups excluding carboxylic acids is 4. The molecule has 2 aliphatic heterocycles. The SMILES string of the molecule is CC(=O)OC12CCC(C(=O)C1)C1C(=O)N(CCCN3CCN(c4ccccn4)CC3)C(=O)C12. The molecule has 0 N–H and O–H groups in total. The summed E-state index contributed by atoms with van der Waals surface area (Å²) in [7, 11) is 0. The molecule has 9 heteroatoms. The van der Waals surface area contributed by atoms with Gasteiger partial charge in [-0.2, -0.15) is 0 Å². The molecular weight excluding hydrogens is 424 g/mol. The normalized spacial score (nSPS) is 31.8.